The maximum absolute atomic E-state index is 12.6. The van der Waals surface area contributed by atoms with Gasteiger partial charge in [-0.15, -0.1) is 11.3 Å². The van der Waals surface area contributed by atoms with E-state index in [1.54, 1.807) is 29.5 Å². The van der Waals surface area contributed by atoms with Crippen molar-refractivity contribution in [3.05, 3.63) is 64.2 Å². The van der Waals surface area contributed by atoms with Gasteiger partial charge in [-0.2, -0.15) is 0 Å². The van der Waals surface area contributed by atoms with E-state index in [0.29, 0.717) is 36.8 Å². The van der Waals surface area contributed by atoms with Gasteiger partial charge in [0.25, 0.3) is 5.91 Å². The van der Waals surface area contributed by atoms with Crippen molar-refractivity contribution in [1.29, 1.82) is 0 Å². The van der Waals surface area contributed by atoms with Crippen LogP contribution in [-0.2, 0) is 6.42 Å². The van der Waals surface area contributed by atoms with Crippen LogP contribution < -0.4 is 14.8 Å². The van der Waals surface area contributed by atoms with Gasteiger partial charge in [0.05, 0.1) is 18.9 Å². The molecule has 0 atom stereocenters. The minimum absolute atomic E-state index is 0.125. The summed E-state index contributed by atoms with van der Waals surface area (Å²) in [6.07, 6.45) is 0.746. The molecule has 1 amide bonds. The zero-order chi connectivity index (χ0) is 21.5. The van der Waals surface area contributed by atoms with E-state index in [9.17, 15) is 4.79 Å². The Hall–Kier alpha value is -2.86. The average Bonchev–Trinajstić information content (AvgIpc) is 3.10. The molecule has 6 heteroatoms. The quantitative estimate of drug-likeness (QED) is 0.513. The number of hydrogen-bond donors (Lipinski definition) is 1. The minimum atomic E-state index is -0.125. The summed E-state index contributed by atoms with van der Waals surface area (Å²) in [5, 5.41) is 4.01. The number of ether oxygens (including phenoxy) is 2. The number of nitrogens with one attached hydrogen (secondary N) is 1. The molecule has 0 aliphatic carbocycles. The Balaban J connectivity index is 1.62. The first-order valence-electron chi connectivity index (χ1n) is 10.2. The predicted molar refractivity (Wildman–Crippen MR) is 122 cm³/mol. The van der Waals surface area contributed by atoms with E-state index in [0.717, 1.165) is 22.7 Å². The number of benzene rings is 2. The van der Waals surface area contributed by atoms with E-state index >= 15 is 0 Å². The second-order valence-corrected chi connectivity index (χ2v) is 8.01. The Morgan fingerprint density at radius 3 is 2.40 bits per heavy atom. The zero-order valence-corrected chi connectivity index (χ0v) is 18.8. The lowest BCUT2D eigenvalue weighted by Crippen LogP contribution is -2.25. The standard InChI is InChI=1S/C24H28N2O3S/c1-5-28-20-12-11-19(15-21(20)29-6-2)23(27)25-14-13-22-17(4)26-24(30-22)18-9-7-16(3)8-10-18/h7-12,15H,5-6,13-14H2,1-4H3,(H,25,27). The zero-order valence-electron chi connectivity index (χ0n) is 18.0. The summed E-state index contributed by atoms with van der Waals surface area (Å²) in [5.41, 5.74) is 3.94. The van der Waals surface area contributed by atoms with Gasteiger partial charge < -0.3 is 14.8 Å². The van der Waals surface area contributed by atoms with Crippen molar-refractivity contribution in [2.24, 2.45) is 0 Å². The Kier molecular flexibility index (Phi) is 7.46. The lowest BCUT2D eigenvalue weighted by atomic mass is 10.2. The predicted octanol–water partition coefficient (Wildman–Crippen LogP) is 5.20. The summed E-state index contributed by atoms with van der Waals surface area (Å²) < 4.78 is 11.2. The number of amides is 1. The fourth-order valence-electron chi connectivity index (χ4n) is 3.06. The molecule has 158 valence electrons. The summed E-state index contributed by atoms with van der Waals surface area (Å²) >= 11 is 1.68. The molecule has 1 N–H and O–H groups in total. The molecule has 0 saturated carbocycles. The molecule has 0 radical (unpaired) electrons. The molecule has 1 heterocycles. The molecule has 30 heavy (non-hydrogen) atoms. The number of aryl methyl sites for hydroxylation is 2. The Labute approximate surface area is 182 Å². The fourth-order valence-corrected chi connectivity index (χ4v) is 4.13. The maximum Gasteiger partial charge on any atom is 0.251 e. The van der Waals surface area contributed by atoms with Gasteiger partial charge in [-0.1, -0.05) is 29.8 Å². The van der Waals surface area contributed by atoms with Crippen molar-refractivity contribution in [1.82, 2.24) is 10.3 Å². The molecule has 0 bridgehead atoms. The molecular weight excluding hydrogens is 396 g/mol. The van der Waals surface area contributed by atoms with E-state index in [1.165, 1.54) is 10.4 Å². The normalized spacial score (nSPS) is 10.7. The summed E-state index contributed by atoms with van der Waals surface area (Å²) in [6.45, 7) is 9.53. The van der Waals surface area contributed by atoms with Gasteiger partial charge in [0.1, 0.15) is 5.01 Å². The van der Waals surface area contributed by atoms with Crippen molar-refractivity contribution in [3.8, 4) is 22.1 Å². The topological polar surface area (TPSA) is 60.5 Å². The molecule has 0 aliphatic heterocycles. The summed E-state index contributed by atoms with van der Waals surface area (Å²) in [7, 11) is 0. The number of carbonyl (C=O) groups excluding carboxylic acids is 1. The smallest absolute Gasteiger partial charge is 0.251 e. The first kappa shape index (κ1) is 21.8. The largest absolute Gasteiger partial charge is 0.490 e. The van der Waals surface area contributed by atoms with Crippen LogP contribution in [0.3, 0.4) is 0 Å². The summed E-state index contributed by atoms with van der Waals surface area (Å²) in [6, 6.07) is 13.7. The van der Waals surface area contributed by atoms with Crippen LogP contribution in [0.5, 0.6) is 11.5 Å². The molecule has 3 aromatic rings. The number of thiazole rings is 1. The third kappa shape index (κ3) is 5.39. The number of nitrogens with zero attached hydrogens (tertiary/aromatic N) is 1. The summed E-state index contributed by atoms with van der Waals surface area (Å²) in [5.74, 6) is 1.12. The molecule has 3 rings (SSSR count). The highest BCUT2D eigenvalue weighted by molar-refractivity contribution is 7.15. The Morgan fingerprint density at radius 2 is 1.70 bits per heavy atom. The van der Waals surface area contributed by atoms with Crippen molar-refractivity contribution in [3.63, 3.8) is 0 Å². The second kappa shape index (κ2) is 10.3. The number of rotatable bonds is 9. The third-order valence-corrected chi connectivity index (χ3v) is 5.90. The molecular formula is C24H28N2O3S. The van der Waals surface area contributed by atoms with Crippen LogP contribution in [-0.4, -0.2) is 30.6 Å². The van der Waals surface area contributed by atoms with Crippen LogP contribution >= 0.6 is 11.3 Å². The SMILES string of the molecule is CCOc1ccc(C(=O)NCCc2sc(-c3ccc(C)cc3)nc2C)cc1OCC. The lowest BCUT2D eigenvalue weighted by molar-refractivity contribution is 0.0953. The van der Waals surface area contributed by atoms with E-state index in [-0.39, 0.29) is 5.91 Å². The van der Waals surface area contributed by atoms with E-state index in [2.05, 4.69) is 36.5 Å². The molecule has 0 fully saturated rings. The van der Waals surface area contributed by atoms with Gasteiger partial charge in [-0.05, 0) is 45.9 Å². The van der Waals surface area contributed by atoms with Gasteiger partial charge in [0.2, 0.25) is 0 Å². The molecule has 1 aromatic heterocycles. The summed E-state index contributed by atoms with van der Waals surface area (Å²) in [4.78, 5) is 18.5. The first-order chi connectivity index (χ1) is 14.5. The third-order valence-electron chi connectivity index (χ3n) is 4.63. The van der Waals surface area contributed by atoms with Crippen molar-refractivity contribution < 1.29 is 14.3 Å². The molecule has 2 aromatic carbocycles. The Morgan fingerprint density at radius 1 is 1.00 bits per heavy atom. The number of aromatic nitrogens is 1. The Bertz CT molecular complexity index is 996. The molecule has 0 aliphatic rings. The van der Waals surface area contributed by atoms with Crippen LogP contribution in [0.15, 0.2) is 42.5 Å². The van der Waals surface area contributed by atoms with Crippen LogP contribution in [0.4, 0.5) is 0 Å². The fraction of sp³-hybridized carbons (Fsp3) is 0.333. The molecule has 0 saturated heterocycles. The van der Waals surface area contributed by atoms with Crippen molar-refractivity contribution in [2.45, 2.75) is 34.1 Å². The first-order valence-corrected chi connectivity index (χ1v) is 11.0. The molecule has 5 nitrogen and oxygen atoms in total. The van der Waals surface area contributed by atoms with Gasteiger partial charge in [0, 0.05) is 29.0 Å². The van der Waals surface area contributed by atoms with Crippen molar-refractivity contribution in [2.75, 3.05) is 19.8 Å². The van der Waals surface area contributed by atoms with Gasteiger partial charge >= 0.3 is 0 Å². The molecule has 0 unspecified atom stereocenters. The highest BCUT2D eigenvalue weighted by Crippen LogP contribution is 2.29. The van der Waals surface area contributed by atoms with E-state index < -0.39 is 0 Å². The highest BCUT2D eigenvalue weighted by Gasteiger charge is 2.13. The lowest BCUT2D eigenvalue weighted by Gasteiger charge is -2.12. The number of carbonyl (C=O) groups is 1. The van der Waals surface area contributed by atoms with Crippen LogP contribution in [0.25, 0.3) is 10.6 Å². The number of hydrogen-bond acceptors (Lipinski definition) is 5. The highest BCUT2D eigenvalue weighted by atomic mass is 32.1. The van der Waals surface area contributed by atoms with Crippen LogP contribution in [0.1, 0.15) is 40.3 Å². The van der Waals surface area contributed by atoms with Crippen LogP contribution in [0.2, 0.25) is 0 Å². The van der Waals surface area contributed by atoms with Gasteiger partial charge in [0.15, 0.2) is 11.5 Å². The maximum atomic E-state index is 12.6. The van der Waals surface area contributed by atoms with Crippen LogP contribution in [0, 0.1) is 13.8 Å². The monoisotopic (exact) mass is 424 g/mol. The minimum Gasteiger partial charge on any atom is -0.490 e. The second-order valence-electron chi connectivity index (χ2n) is 6.93. The molecule has 0 spiro atoms. The van der Waals surface area contributed by atoms with Crippen molar-refractivity contribution >= 4 is 17.2 Å². The van der Waals surface area contributed by atoms with Gasteiger partial charge in [-0.3, -0.25) is 4.79 Å². The van der Waals surface area contributed by atoms with E-state index in [1.807, 2.05) is 20.8 Å². The van der Waals surface area contributed by atoms with E-state index in [4.69, 9.17) is 14.5 Å². The van der Waals surface area contributed by atoms with Gasteiger partial charge in [-0.25, -0.2) is 4.98 Å². The average molecular weight is 425 g/mol.